The van der Waals surface area contributed by atoms with Crippen LogP contribution in [0.25, 0.3) is 21.9 Å². The van der Waals surface area contributed by atoms with Crippen molar-refractivity contribution >= 4 is 38.6 Å². The molecule has 0 fully saturated rings. The molecule has 0 aliphatic carbocycles. The van der Waals surface area contributed by atoms with E-state index in [-0.39, 0.29) is 22.4 Å². The number of hydrogen-bond donors (Lipinski definition) is 2. The number of nitrogens with one attached hydrogen (secondary N) is 2. The highest BCUT2D eigenvalue weighted by Gasteiger charge is 2.22. The molecule has 0 saturated carbocycles. The number of sulfonamides is 1. The minimum absolute atomic E-state index is 0.0339. The van der Waals surface area contributed by atoms with Gasteiger partial charge >= 0.3 is 6.03 Å². The number of urea groups is 1. The number of thioether (sulfide) groups is 1. The maximum Gasteiger partial charge on any atom is 0.328 e. The van der Waals surface area contributed by atoms with Crippen molar-refractivity contribution < 1.29 is 22.0 Å². The molecule has 222 valence electrons. The van der Waals surface area contributed by atoms with E-state index in [1.165, 1.54) is 6.07 Å². The number of hydrogen-bond acceptors (Lipinski definition) is 5. The number of aromatic nitrogens is 2. The first kappa shape index (κ1) is 30.2. The molecule has 43 heavy (non-hydrogen) atoms. The highest BCUT2D eigenvalue weighted by atomic mass is 32.2. The molecule has 4 aromatic carbocycles. The summed E-state index contributed by atoms with van der Waals surface area (Å²) in [4.78, 5) is 17.0. The summed E-state index contributed by atoms with van der Waals surface area (Å²) in [5, 5.41) is 4.92. The summed E-state index contributed by atoms with van der Waals surface area (Å²) in [6, 6.07) is 26.4. The van der Waals surface area contributed by atoms with Crippen LogP contribution in [0.1, 0.15) is 36.7 Å². The molecule has 0 unspecified atom stereocenters. The fourth-order valence-corrected chi connectivity index (χ4v) is 6.58. The first-order valence-electron chi connectivity index (χ1n) is 13.6. The average Bonchev–Trinajstić information content (AvgIpc) is 3.37. The summed E-state index contributed by atoms with van der Waals surface area (Å²) in [7, 11) is -4.20. The minimum atomic E-state index is -4.20. The first-order valence-corrected chi connectivity index (χ1v) is 15.9. The molecule has 0 radical (unpaired) electrons. The molecule has 5 aromatic rings. The number of alkyl halides is 2. The zero-order valence-electron chi connectivity index (χ0n) is 23.5. The lowest BCUT2D eigenvalue weighted by molar-refractivity contribution is 0.245. The number of amides is 2. The molecule has 7 nitrogen and oxygen atoms in total. The Hall–Kier alpha value is -4.22. The quantitative estimate of drug-likeness (QED) is 0.159. The SMILES string of the molecule is CC(C)c1nc(SC(F)F)cn1Cc1ccc(-c2ccccc2S(=O)(=O)NC(=O)NCc2cccc3ccccc23)cc1. The van der Waals surface area contributed by atoms with Crippen LogP contribution in [-0.4, -0.2) is 29.8 Å². The zero-order valence-corrected chi connectivity index (χ0v) is 25.1. The van der Waals surface area contributed by atoms with Gasteiger partial charge in [-0.3, -0.25) is 0 Å². The Morgan fingerprint density at radius 1 is 0.930 bits per heavy atom. The van der Waals surface area contributed by atoms with Crippen LogP contribution in [0.4, 0.5) is 13.6 Å². The van der Waals surface area contributed by atoms with Gasteiger partial charge in [-0.05, 0) is 45.3 Å². The summed E-state index contributed by atoms with van der Waals surface area (Å²) in [5.41, 5.74) is 2.84. The van der Waals surface area contributed by atoms with Crippen molar-refractivity contribution in [1.29, 1.82) is 0 Å². The molecule has 0 aliphatic heterocycles. The molecule has 2 amide bonds. The molecule has 5 rings (SSSR count). The minimum Gasteiger partial charge on any atom is -0.333 e. The summed E-state index contributed by atoms with van der Waals surface area (Å²) in [5.74, 6) is -1.81. The first-order chi connectivity index (χ1) is 20.6. The maximum absolute atomic E-state index is 13.3. The van der Waals surface area contributed by atoms with E-state index in [1.54, 1.807) is 36.5 Å². The highest BCUT2D eigenvalue weighted by molar-refractivity contribution is 7.99. The molecule has 2 N–H and O–H groups in total. The third kappa shape index (κ3) is 7.23. The third-order valence-electron chi connectivity index (χ3n) is 6.85. The number of fused-ring (bicyclic) bond motifs is 1. The second-order valence-corrected chi connectivity index (χ2v) is 12.9. The van der Waals surface area contributed by atoms with Crippen molar-refractivity contribution in [1.82, 2.24) is 19.6 Å². The van der Waals surface area contributed by atoms with E-state index >= 15 is 0 Å². The van der Waals surface area contributed by atoms with Crippen molar-refractivity contribution in [3.05, 3.63) is 114 Å². The Kier molecular flexibility index (Phi) is 9.12. The van der Waals surface area contributed by atoms with Crippen molar-refractivity contribution in [2.24, 2.45) is 0 Å². The zero-order chi connectivity index (χ0) is 30.6. The van der Waals surface area contributed by atoms with E-state index < -0.39 is 21.8 Å². The number of benzene rings is 4. The molecular weight excluding hydrogens is 591 g/mol. The van der Waals surface area contributed by atoms with Gasteiger partial charge in [0, 0.05) is 30.8 Å². The lowest BCUT2D eigenvalue weighted by atomic mass is 10.0. The van der Waals surface area contributed by atoms with Gasteiger partial charge in [0.05, 0.1) is 4.90 Å². The number of nitrogens with zero attached hydrogens (tertiary/aromatic N) is 2. The van der Waals surface area contributed by atoms with Gasteiger partial charge in [-0.1, -0.05) is 98.8 Å². The Labute approximate surface area is 253 Å². The molecule has 11 heteroatoms. The predicted octanol–water partition coefficient (Wildman–Crippen LogP) is 7.38. The molecule has 0 spiro atoms. The van der Waals surface area contributed by atoms with E-state index in [1.807, 2.05) is 73.0 Å². The van der Waals surface area contributed by atoms with Crippen molar-refractivity contribution in [3.8, 4) is 11.1 Å². The van der Waals surface area contributed by atoms with Crippen molar-refractivity contribution in [3.63, 3.8) is 0 Å². The fraction of sp³-hybridized carbons (Fsp3) is 0.188. The lowest BCUT2D eigenvalue weighted by Gasteiger charge is -2.14. The predicted molar refractivity (Wildman–Crippen MR) is 166 cm³/mol. The largest absolute Gasteiger partial charge is 0.333 e. The van der Waals surface area contributed by atoms with Crippen molar-refractivity contribution in [2.45, 2.75) is 48.5 Å². The normalized spacial score (nSPS) is 11.8. The van der Waals surface area contributed by atoms with Crippen molar-refractivity contribution in [2.75, 3.05) is 0 Å². The van der Waals surface area contributed by atoms with Crippen LogP contribution >= 0.6 is 11.8 Å². The Morgan fingerprint density at radius 2 is 1.63 bits per heavy atom. The maximum atomic E-state index is 13.3. The summed E-state index contributed by atoms with van der Waals surface area (Å²) >= 11 is 0.415. The van der Waals surface area contributed by atoms with Crippen LogP contribution in [0, 0.1) is 0 Å². The standard InChI is InChI=1S/C32H30F2N4O3S2/c1-21(2)30-36-29(42-31(33)34)20-38(30)19-22-14-16-24(17-15-22)27-12-5-6-13-28(27)43(40,41)37-32(39)35-18-25-10-7-9-23-8-3-4-11-26(23)25/h3-17,20-21,31H,18-19H2,1-2H3,(H2,35,37,39). The number of rotatable bonds is 10. The van der Waals surface area contributed by atoms with E-state index in [4.69, 9.17) is 0 Å². The monoisotopic (exact) mass is 620 g/mol. The van der Waals surface area contributed by atoms with E-state index in [2.05, 4.69) is 15.0 Å². The van der Waals surface area contributed by atoms with E-state index in [9.17, 15) is 22.0 Å². The van der Waals surface area contributed by atoms with Gasteiger partial charge in [-0.2, -0.15) is 8.78 Å². The molecule has 1 heterocycles. The van der Waals surface area contributed by atoms with Gasteiger partial charge in [0.2, 0.25) is 0 Å². The molecule has 0 bridgehead atoms. The summed E-state index contributed by atoms with van der Waals surface area (Å²) in [6.07, 6.45) is 1.62. The van der Waals surface area contributed by atoms with Gasteiger partial charge in [-0.15, -0.1) is 0 Å². The molecular formula is C32H30F2N4O3S2. The van der Waals surface area contributed by atoms with Crippen LogP contribution in [0.2, 0.25) is 0 Å². The number of carbonyl (C=O) groups is 1. The van der Waals surface area contributed by atoms with E-state index in [0.717, 1.165) is 21.9 Å². The second-order valence-electron chi connectivity index (χ2n) is 10.2. The second kappa shape index (κ2) is 13.0. The average molecular weight is 621 g/mol. The molecule has 0 aliphatic rings. The van der Waals surface area contributed by atoms with Crippen LogP contribution in [0.15, 0.2) is 107 Å². The Bertz CT molecular complexity index is 1850. The molecule has 0 atom stereocenters. The summed E-state index contributed by atoms with van der Waals surface area (Å²) in [6.45, 7) is 4.48. The highest BCUT2D eigenvalue weighted by Crippen LogP contribution is 2.29. The number of carbonyl (C=O) groups excluding carboxylic acids is 1. The van der Waals surface area contributed by atoms with Crippen LogP contribution in [0.3, 0.4) is 0 Å². The lowest BCUT2D eigenvalue weighted by Crippen LogP contribution is -2.39. The van der Waals surface area contributed by atoms with Gasteiger partial charge < -0.3 is 9.88 Å². The van der Waals surface area contributed by atoms with Gasteiger partial charge in [-0.25, -0.2) is 22.9 Å². The van der Waals surface area contributed by atoms with Gasteiger partial charge in [0.25, 0.3) is 15.8 Å². The van der Waals surface area contributed by atoms with Gasteiger partial charge in [0.15, 0.2) is 0 Å². The van der Waals surface area contributed by atoms with E-state index in [0.29, 0.717) is 35.3 Å². The van der Waals surface area contributed by atoms with Crippen LogP contribution in [0.5, 0.6) is 0 Å². The van der Waals surface area contributed by atoms with Gasteiger partial charge in [0.1, 0.15) is 10.9 Å². The molecule has 1 aromatic heterocycles. The third-order valence-corrected chi connectivity index (χ3v) is 8.86. The fourth-order valence-electron chi connectivity index (χ4n) is 4.90. The number of halogens is 2. The van der Waals surface area contributed by atoms with Crippen LogP contribution in [-0.2, 0) is 23.1 Å². The topological polar surface area (TPSA) is 93.1 Å². The molecule has 0 saturated heterocycles. The Morgan fingerprint density at radius 3 is 2.37 bits per heavy atom. The smallest absolute Gasteiger partial charge is 0.328 e. The summed E-state index contributed by atoms with van der Waals surface area (Å²) < 4.78 is 56.4. The number of imidazole rings is 1. The Balaban J connectivity index is 1.31. The van der Waals surface area contributed by atoms with Crippen LogP contribution < -0.4 is 10.0 Å².